The molecule has 0 radical (unpaired) electrons. The molecule has 126 valence electrons. The van der Waals surface area contributed by atoms with Crippen molar-refractivity contribution in [1.82, 2.24) is 4.90 Å². The maximum atomic E-state index is 12.3. The van der Waals surface area contributed by atoms with Crippen LogP contribution in [-0.4, -0.2) is 29.2 Å². The first-order chi connectivity index (χ1) is 10.8. The molecule has 3 nitrogen and oxygen atoms in total. The molecule has 1 amide bonds. The number of hydrogen-bond acceptors (Lipinski definition) is 2. The highest BCUT2D eigenvalue weighted by atomic mass is 16.2. The molecule has 1 atom stereocenters. The minimum absolute atomic E-state index is 0.0612. The Labute approximate surface area is 140 Å². The zero-order chi connectivity index (χ0) is 17.0. The van der Waals surface area contributed by atoms with Gasteiger partial charge < -0.3 is 4.90 Å². The molecule has 1 aromatic carbocycles. The molecule has 23 heavy (non-hydrogen) atoms. The normalized spacial score (nSPS) is 18.3. The summed E-state index contributed by atoms with van der Waals surface area (Å²) < 4.78 is 0. The molecule has 0 spiro atoms. The molecule has 1 aliphatic rings. The number of likely N-dealkylation sites (tertiary alicyclic amines) is 1. The van der Waals surface area contributed by atoms with E-state index < -0.39 is 0 Å². The van der Waals surface area contributed by atoms with E-state index in [-0.39, 0.29) is 17.1 Å². The molecule has 0 N–H and O–H groups in total. The number of Topliss-reactive ketones (excluding diaryl/α,β-unsaturated/α-hetero) is 1. The maximum absolute atomic E-state index is 12.3. The zero-order valence-corrected chi connectivity index (χ0v) is 14.9. The Balaban J connectivity index is 1.91. The highest BCUT2D eigenvalue weighted by Crippen LogP contribution is 2.23. The molecule has 1 aromatic rings. The molecule has 0 bridgehead atoms. The quantitative estimate of drug-likeness (QED) is 0.758. The molecule has 0 saturated carbocycles. The number of rotatable bonds is 5. The minimum atomic E-state index is 0.0612. The molecule has 0 aromatic heterocycles. The van der Waals surface area contributed by atoms with E-state index in [1.807, 2.05) is 29.2 Å². The van der Waals surface area contributed by atoms with Gasteiger partial charge in [0.05, 0.1) is 0 Å². The van der Waals surface area contributed by atoms with Crippen molar-refractivity contribution in [2.45, 2.75) is 71.3 Å². The Kier molecular flexibility index (Phi) is 5.61. The fraction of sp³-hybridized carbons (Fsp3) is 0.600. The van der Waals surface area contributed by atoms with Crippen LogP contribution in [0.25, 0.3) is 0 Å². The number of hydrogen-bond donors (Lipinski definition) is 0. The van der Waals surface area contributed by atoms with Crippen molar-refractivity contribution in [3.63, 3.8) is 0 Å². The van der Waals surface area contributed by atoms with Gasteiger partial charge in [0.25, 0.3) is 0 Å². The van der Waals surface area contributed by atoms with Crippen LogP contribution < -0.4 is 0 Å². The average molecular weight is 315 g/mol. The average Bonchev–Trinajstić information content (AvgIpc) is 3.00. The molecule has 1 saturated heterocycles. The van der Waals surface area contributed by atoms with Crippen molar-refractivity contribution >= 4 is 11.7 Å². The van der Waals surface area contributed by atoms with E-state index in [9.17, 15) is 9.59 Å². The molecule has 0 aliphatic carbocycles. The van der Waals surface area contributed by atoms with Crippen LogP contribution in [0.15, 0.2) is 24.3 Å². The van der Waals surface area contributed by atoms with Crippen molar-refractivity contribution < 1.29 is 9.59 Å². The summed E-state index contributed by atoms with van der Waals surface area (Å²) in [5, 5.41) is 0. The van der Waals surface area contributed by atoms with Gasteiger partial charge >= 0.3 is 0 Å². The van der Waals surface area contributed by atoms with Crippen LogP contribution >= 0.6 is 0 Å². The van der Waals surface area contributed by atoms with Gasteiger partial charge in [-0.2, -0.15) is 0 Å². The first-order valence-electron chi connectivity index (χ1n) is 8.76. The van der Waals surface area contributed by atoms with E-state index in [4.69, 9.17) is 0 Å². The standard InChI is InChI=1S/C20H29NO2/c1-5-17-7-6-14-21(17)19(23)13-12-18(22)15-8-10-16(11-9-15)20(2,3)4/h8-11,17H,5-7,12-14H2,1-4H3. The monoisotopic (exact) mass is 315 g/mol. The van der Waals surface area contributed by atoms with Gasteiger partial charge in [-0.25, -0.2) is 0 Å². The van der Waals surface area contributed by atoms with E-state index in [1.165, 1.54) is 5.56 Å². The Morgan fingerprint density at radius 1 is 1.13 bits per heavy atom. The lowest BCUT2D eigenvalue weighted by atomic mass is 9.86. The van der Waals surface area contributed by atoms with Crippen molar-refractivity contribution in [3.05, 3.63) is 35.4 Å². The smallest absolute Gasteiger partial charge is 0.223 e. The predicted molar refractivity (Wildman–Crippen MR) is 93.7 cm³/mol. The fourth-order valence-electron chi connectivity index (χ4n) is 3.25. The Bertz CT molecular complexity index is 554. The highest BCUT2D eigenvalue weighted by Gasteiger charge is 2.27. The minimum Gasteiger partial charge on any atom is -0.340 e. The zero-order valence-electron chi connectivity index (χ0n) is 14.9. The number of nitrogens with zero attached hydrogens (tertiary/aromatic N) is 1. The molecular formula is C20H29NO2. The van der Waals surface area contributed by atoms with E-state index in [2.05, 4.69) is 27.7 Å². The summed E-state index contributed by atoms with van der Waals surface area (Å²) in [4.78, 5) is 26.6. The first kappa shape index (κ1) is 17.7. The number of ketones is 1. The second kappa shape index (κ2) is 7.29. The van der Waals surface area contributed by atoms with Crippen LogP contribution in [0.5, 0.6) is 0 Å². The van der Waals surface area contributed by atoms with Crippen LogP contribution in [0.4, 0.5) is 0 Å². The molecular weight excluding hydrogens is 286 g/mol. The van der Waals surface area contributed by atoms with Crippen LogP contribution in [0.3, 0.4) is 0 Å². The summed E-state index contributed by atoms with van der Waals surface area (Å²) in [6, 6.07) is 8.19. The lowest BCUT2D eigenvalue weighted by molar-refractivity contribution is -0.132. The van der Waals surface area contributed by atoms with Crippen LogP contribution in [0, 0.1) is 0 Å². The summed E-state index contributed by atoms with van der Waals surface area (Å²) >= 11 is 0. The number of carbonyl (C=O) groups excluding carboxylic acids is 2. The lowest BCUT2D eigenvalue weighted by Gasteiger charge is -2.23. The Morgan fingerprint density at radius 3 is 2.35 bits per heavy atom. The third-order valence-electron chi connectivity index (χ3n) is 4.81. The van der Waals surface area contributed by atoms with Gasteiger partial charge in [-0.3, -0.25) is 9.59 Å². The molecule has 1 aliphatic heterocycles. The number of amides is 1. The third-order valence-corrected chi connectivity index (χ3v) is 4.81. The van der Waals surface area contributed by atoms with Crippen LogP contribution in [-0.2, 0) is 10.2 Å². The molecule has 1 fully saturated rings. The Morgan fingerprint density at radius 2 is 1.78 bits per heavy atom. The van der Waals surface area contributed by atoms with E-state index in [0.29, 0.717) is 24.4 Å². The number of carbonyl (C=O) groups is 2. The predicted octanol–water partition coefficient (Wildman–Crippen LogP) is 4.35. The largest absolute Gasteiger partial charge is 0.340 e. The molecule has 3 heteroatoms. The Hall–Kier alpha value is -1.64. The fourth-order valence-corrected chi connectivity index (χ4v) is 3.25. The van der Waals surface area contributed by atoms with Gasteiger partial charge in [-0.15, -0.1) is 0 Å². The third kappa shape index (κ3) is 4.43. The summed E-state index contributed by atoms with van der Waals surface area (Å²) in [5.74, 6) is 0.195. The highest BCUT2D eigenvalue weighted by molar-refractivity contribution is 5.98. The van der Waals surface area contributed by atoms with Gasteiger partial charge in [-0.05, 0) is 30.2 Å². The van der Waals surface area contributed by atoms with Crippen LogP contribution in [0.1, 0.15) is 75.7 Å². The van der Waals surface area contributed by atoms with Gasteiger partial charge in [0.15, 0.2) is 5.78 Å². The van der Waals surface area contributed by atoms with Crippen molar-refractivity contribution in [1.29, 1.82) is 0 Å². The molecule has 2 rings (SSSR count). The van der Waals surface area contributed by atoms with E-state index in [1.54, 1.807) is 0 Å². The number of benzene rings is 1. The summed E-state index contributed by atoms with van der Waals surface area (Å²) in [7, 11) is 0. The van der Waals surface area contributed by atoms with Gasteiger partial charge in [0.1, 0.15) is 0 Å². The topological polar surface area (TPSA) is 37.4 Å². The van der Waals surface area contributed by atoms with Crippen LogP contribution in [0.2, 0.25) is 0 Å². The van der Waals surface area contributed by atoms with Crippen molar-refractivity contribution in [2.75, 3.05) is 6.54 Å². The maximum Gasteiger partial charge on any atom is 0.223 e. The molecule has 1 heterocycles. The van der Waals surface area contributed by atoms with Gasteiger partial charge in [-0.1, -0.05) is 52.0 Å². The second-order valence-electron chi connectivity index (χ2n) is 7.54. The second-order valence-corrected chi connectivity index (χ2v) is 7.54. The lowest BCUT2D eigenvalue weighted by Crippen LogP contribution is -2.35. The summed E-state index contributed by atoms with van der Waals surface area (Å²) in [6.07, 6.45) is 3.84. The molecule has 1 unspecified atom stereocenters. The first-order valence-corrected chi connectivity index (χ1v) is 8.76. The van der Waals surface area contributed by atoms with Gasteiger partial charge in [0, 0.05) is 31.0 Å². The van der Waals surface area contributed by atoms with E-state index in [0.717, 1.165) is 25.8 Å². The summed E-state index contributed by atoms with van der Waals surface area (Å²) in [5.41, 5.74) is 2.01. The van der Waals surface area contributed by atoms with Crippen molar-refractivity contribution in [3.8, 4) is 0 Å². The van der Waals surface area contributed by atoms with Gasteiger partial charge in [0.2, 0.25) is 5.91 Å². The summed E-state index contributed by atoms with van der Waals surface area (Å²) in [6.45, 7) is 9.44. The van der Waals surface area contributed by atoms with E-state index >= 15 is 0 Å². The van der Waals surface area contributed by atoms with Crippen molar-refractivity contribution in [2.24, 2.45) is 0 Å². The SMILES string of the molecule is CCC1CCCN1C(=O)CCC(=O)c1ccc(C(C)(C)C)cc1.